The Balaban J connectivity index is 1.61. The van der Waals surface area contributed by atoms with Crippen molar-refractivity contribution in [3.8, 4) is 0 Å². The van der Waals surface area contributed by atoms with Crippen molar-refractivity contribution in [1.82, 2.24) is 0 Å². The van der Waals surface area contributed by atoms with Gasteiger partial charge in [-0.3, -0.25) is 4.79 Å². The summed E-state index contributed by atoms with van der Waals surface area (Å²) in [5, 5.41) is 0. The summed E-state index contributed by atoms with van der Waals surface area (Å²) < 4.78 is 18.9. The number of fused-ring (bicyclic) bond motifs is 5. The second-order valence-electron chi connectivity index (χ2n) is 15.6. The van der Waals surface area contributed by atoms with Crippen molar-refractivity contribution in [2.24, 2.45) is 46.3 Å². The third-order valence-electron chi connectivity index (χ3n) is 11.1. The highest BCUT2D eigenvalue weighted by molar-refractivity contribution is 6.70. The van der Waals surface area contributed by atoms with Crippen molar-refractivity contribution in [3.63, 3.8) is 0 Å². The van der Waals surface area contributed by atoms with Crippen LogP contribution in [0.5, 0.6) is 0 Å². The number of methoxy groups -OCH3 is 1. The van der Waals surface area contributed by atoms with Gasteiger partial charge < -0.3 is 13.6 Å². The number of ether oxygens (including phenoxy) is 1. The van der Waals surface area contributed by atoms with E-state index in [1.165, 1.54) is 58.5 Å². The molecule has 0 heterocycles. The summed E-state index contributed by atoms with van der Waals surface area (Å²) in [4.78, 5) is 12.1. The topological polar surface area (TPSA) is 44.8 Å². The number of esters is 1. The average molecular weight is 537 g/mol. The normalized spacial score (nSPS) is 43.8. The molecule has 0 saturated heterocycles. The number of rotatable bonds is 7. The van der Waals surface area contributed by atoms with E-state index in [2.05, 4.69) is 60.1 Å². The van der Waals surface area contributed by atoms with E-state index < -0.39 is 16.6 Å². The number of hydrogen-bond donors (Lipinski definition) is 0. The standard InChI is InChI=1S/C30H56O4Si2/c1-20(17-27(31)32-4)23-11-12-24-28-25(14-16-30(23,24)3)29(2)15-13-22(33-35(5,6)7)18-21(29)19-26(28)34-36(8,9)10/h20-26,28H,11-19H2,1-10H3/t20?,21-,22+,23?,24?,25?,26?,28?,29?,30?/m0/s1. The number of carbonyl (C=O) groups is 1. The maximum atomic E-state index is 12.1. The fourth-order valence-corrected chi connectivity index (χ4v) is 12.2. The van der Waals surface area contributed by atoms with Gasteiger partial charge in [0.05, 0.1) is 7.11 Å². The molecule has 0 N–H and O–H groups in total. The smallest absolute Gasteiger partial charge is 0.305 e. The van der Waals surface area contributed by atoms with Crippen LogP contribution in [-0.2, 0) is 18.4 Å². The molecular formula is C30H56O4Si2. The SMILES string of the molecule is COC(=O)CC(C)C1CCC2C3C(O[Si](C)(C)C)C[C@@H]4C[C@H](O[Si](C)(C)C)CCC4(C)C3CCC12C. The molecule has 4 saturated carbocycles. The van der Waals surface area contributed by atoms with Gasteiger partial charge in [0.2, 0.25) is 0 Å². The van der Waals surface area contributed by atoms with Crippen LogP contribution >= 0.6 is 0 Å². The zero-order valence-corrected chi connectivity index (χ0v) is 27.1. The summed E-state index contributed by atoms with van der Waals surface area (Å²) in [6.07, 6.45) is 11.6. The van der Waals surface area contributed by atoms with Crippen molar-refractivity contribution in [2.45, 2.75) is 130 Å². The van der Waals surface area contributed by atoms with Crippen LogP contribution in [0.2, 0.25) is 39.3 Å². The molecule has 4 aliphatic rings. The van der Waals surface area contributed by atoms with E-state index in [0.29, 0.717) is 47.2 Å². The van der Waals surface area contributed by atoms with Gasteiger partial charge in [0.25, 0.3) is 0 Å². The first-order chi connectivity index (χ1) is 16.6. The lowest BCUT2D eigenvalue weighted by molar-refractivity contribution is -0.169. The quantitative estimate of drug-likeness (QED) is 0.245. The molecule has 0 bridgehead atoms. The van der Waals surface area contributed by atoms with Crippen LogP contribution in [0.3, 0.4) is 0 Å². The first-order valence-corrected chi connectivity index (χ1v) is 21.8. The average Bonchev–Trinajstić information content (AvgIpc) is 3.09. The molecule has 10 atom stereocenters. The van der Waals surface area contributed by atoms with Gasteiger partial charge >= 0.3 is 5.97 Å². The van der Waals surface area contributed by atoms with E-state index in [-0.39, 0.29) is 5.97 Å². The van der Waals surface area contributed by atoms with E-state index in [1.807, 2.05) is 0 Å². The molecule has 4 rings (SSSR count). The van der Waals surface area contributed by atoms with E-state index in [9.17, 15) is 4.79 Å². The first-order valence-electron chi connectivity index (χ1n) is 15.0. The molecule has 0 aromatic rings. The highest BCUT2D eigenvalue weighted by atomic mass is 28.4. The molecule has 0 spiro atoms. The lowest BCUT2D eigenvalue weighted by Crippen LogP contribution is -2.60. The number of carbonyl (C=O) groups excluding carboxylic acids is 1. The molecule has 4 nitrogen and oxygen atoms in total. The van der Waals surface area contributed by atoms with Gasteiger partial charge in [0.1, 0.15) is 0 Å². The summed E-state index contributed by atoms with van der Waals surface area (Å²) in [5.74, 6) is 3.82. The zero-order valence-electron chi connectivity index (χ0n) is 25.1. The van der Waals surface area contributed by atoms with Gasteiger partial charge in [-0.15, -0.1) is 0 Å². The molecule has 0 aliphatic heterocycles. The van der Waals surface area contributed by atoms with Crippen LogP contribution in [0.15, 0.2) is 0 Å². The molecule has 0 amide bonds. The Morgan fingerprint density at radius 3 is 2.08 bits per heavy atom. The summed E-state index contributed by atoms with van der Waals surface area (Å²) >= 11 is 0. The molecular weight excluding hydrogens is 480 g/mol. The predicted molar refractivity (Wildman–Crippen MR) is 153 cm³/mol. The minimum absolute atomic E-state index is 0.0477. The van der Waals surface area contributed by atoms with Gasteiger partial charge in [0, 0.05) is 18.6 Å². The highest BCUT2D eigenvalue weighted by Crippen LogP contribution is 2.69. The summed E-state index contributed by atoms with van der Waals surface area (Å²) in [6, 6.07) is 0. The lowest BCUT2D eigenvalue weighted by Gasteiger charge is -2.64. The van der Waals surface area contributed by atoms with Gasteiger partial charge in [-0.2, -0.15) is 0 Å². The van der Waals surface area contributed by atoms with Crippen LogP contribution in [0, 0.1) is 46.3 Å². The Kier molecular flexibility index (Phi) is 8.08. The molecule has 4 fully saturated rings. The maximum Gasteiger partial charge on any atom is 0.305 e. The third-order valence-corrected chi connectivity index (χ3v) is 13.2. The highest BCUT2D eigenvalue weighted by Gasteiger charge is 2.63. The van der Waals surface area contributed by atoms with Crippen LogP contribution < -0.4 is 0 Å². The fraction of sp³-hybridized carbons (Fsp3) is 0.967. The monoisotopic (exact) mass is 536 g/mol. The minimum atomic E-state index is -1.68. The minimum Gasteiger partial charge on any atom is -0.469 e. The Morgan fingerprint density at radius 1 is 0.861 bits per heavy atom. The molecule has 0 radical (unpaired) electrons. The predicted octanol–water partition coefficient (Wildman–Crippen LogP) is 7.89. The molecule has 0 aromatic carbocycles. The van der Waals surface area contributed by atoms with Crippen molar-refractivity contribution < 1.29 is 18.4 Å². The molecule has 8 unspecified atom stereocenters. The Labute approximate surface area is 224 Å². The van der Waals surface area contributed by atoms with Crippen molar-refractivity contribution in [3.05, 3.63) is 0 Å². The molecule has 36 heavy (non-hydrogen) atoms. The summed E-state index contributed by atoms with van der Waals surface area (Å²) in [6.45, 7) is 21.7. The fourth-order valence-electron chi connectivity index (χ4n) is 9.81. The van der Waals surface area contributed by atoms with E-state index in [1.54, 1.807) is 0 Å². The third kappa shape index (κ3) is 5.58. The van der Waals surface area contributed by atoms with Crippen molar-refractivity contribution in [2.75, 3.05) is 7.11 Å². The summed E-state index contributed by atoms with van der Waals surface area (Å²) in [7, 11) is -1.68. The van der Waals surface area contributed by atoms with Crippen molar-refractivity contribution in [1.29, 1.82) is 0 Å². The molecule has 208 valence electrons. The molecule has 4 aliphatic carbocycles. The Hall–Kier alpha value is -0.176. The van der Waals surface area contributed by atoms with Gasteiger partial charge in [-0.25, -0.2) is 0 Å². The molecule has 6 heteroatoms. The second kappa shape index (κ2) is 10.1. The summed E-state index contributed by atoms with van der Waals surface area (Å²) in [5.41, 5.74) is 0.733. The van der Waals surface area contributed by atoms with E-state index in [4.69, 9.17) is 13.6 Å². The van der Waals surface area contributed by atoms with Crippen LogP contribution in [0.25, 0.3) is 0 Å². The van der Waals surface area contributed by atoms with Crippen LogP contribution in [-0.4, -0.2) is 41.9 Å². The van der Waals surface area contributed by atoms with Crippen molar-refractivity contribution >= 4 is 22.6 Å². The van der Waals surface area contributed by atoms with Crippen LogP contribution in [0.4, 0.5) is 0 Å². The van der Waals surface area contributed by atoms with Gasteiger partial charge in [-0.1, -0.05) is 20.8 Å². The second-order valence-corrected chi connectivity index (χ2v) is 24.5. The van der Waals surface area contributed by atoms with Gasteiger partial charge in [0.15, 0.2) is 16.6 Å². The van der Waals surface area contributed by atoms with Crippen LogP contribution in [0.1, 0.15) is 78.6 Å². The number of hydrogen-bond acceptors (Lipinski definition) is 4. The zero-order chi connectivity index (χ0) is 26.7. The van der Waals surface area contributed by atoms with E-state index in [0.717, 1.165) is 17.8 Å². The van der Waals surface area contributed by atoms with E-state index >= 15 is 0 Å². The maximum absolute atomic E-state index is 12.1. The Bertz CT molecular complexity index is 804. The largest absolute Gasteiger partial charge is 0.469 e. The first kappa shape index (κ1) is 28.8. The Morgan fingerprint density at radius 2 is 1.47 bits per heavy atom. The lowest BCUT2D eigenvalue weighted by atomic mass is 9.43. The van der Waals surface area contributed by atoms with Gasteiger partial charge in [-0.05, 0) is 137 Å². The molecule has 0 aromatic heterocycles.